The third-order valence-electron chi connectivity index (χ3n) is 5.16. The van der Waals surface area contributed by atoms with E-state index in [1.807, 2.05) is 7.05 Å². The fraction of sp³-hybridized carbons (Fsp3) is 0.643. The van der Waals surface area contributed by atoms with Gasteiger partial charge in [0.05, 0.1) is 17.9 Å². The highest BCUT2D eigenvalue weighted by atomic mass is 32.3. The van der Waals surface area contributed by atoms with Crippen molar-refractivity contribution in [3.63, 3.8) is 0 Å². The van der Waals surface area contributed by atoms with Gasteiger partial charge in [0.25, 0.3) is 5.91 Å². The molecule has 3 N–H and O–H groups in total. The fourth-order valence-corrected chi connectivity index (χ4v) is 4.19. The SMILES string of the molecule is Cn1ncc2c1CNCC2ONC(=O)[C@@H]1CC[C@@H]2CN1C(=O)N2OS(=O)(=O)O. The predicted molar refractivity (Wildman–Crippen MR) is 90.3 cm³/mol. The number of piperidine rings is 1. The predicted octanol–water partition coefficient (Wildman–Crippen LogP) is -1.38. The summed E-state index contributed by atoms with van der Waals surface area (Å²) in [5.41, 5.74) is 4.23. The summed E-state index contributed by atoms with van der Waals surface area (Å²) in [6.45, 7) is 1.25. The Balaban J connectivity index is 1.39. The van der Waals surface area contributed by atoms with E-state index in [1.54, 1.807) is 10.9 Å². The topological polar surface area (TPSA) is 155 Å². The van der Waals surface area contributed by atoms with E-state index < -0.39 is 40.5 Å². The molecule has 1 aromatic rings. The van der Waals surface area contributed by atoms with Crippen molar-refractivity contribution in [1.29, 1.82) is 0 Å². The molecule has 0 saturated carbocycles. The first-order valence-corrected chi connectivity index (χ1v) is 10.0. The Morgan fingerprint density at radius 1 is 1.43 bits per heavy atom. The molecule has 3 amide bonds. The van der Waals surface area contributed by atoms with Gasteiger partial charge in [-0.05, 0) is 12.8 Å². The number of aryl methyl sites for hydroxylation is 1. The first kappa shape index (κ1) is 19.1. The van der Waals surface area contributed by atoms with Crippen LogP contribution in [0, 0.1) is 0 Å². The highest BCUT2D eigenvalue weighted by Gasteiger charge is 2.49. The fourth-order valence-electron chi connectivity index (χ4n) is 3.80. The van der Waals surface area contributed by atoms with Crippen LogP contribution in [0.25, 0.3) is 0 Å². The normalized spacial score (nSPS) is 27.1. The summed E-state index contributed by atoms with van der Waals surface area (Å²) < 4.78 is 36.7. The lowest BCUT2D eigenvalue weighted by Crippen LogP contribution is -2.50. The van der Waals surface area contributed by atoms with Gasteiger partial charge in [0, 0.05) is 32.2 Å². The van der Waals surface area contributed by atoms with E-state index in [1.165, 1.54) is 4.90 Å². The lowest BCUT2D eigenvalue weighted by Gasteiger charge is -2.30. The van der Waals surface area contributed by atoms with Crippen molar-refractivity contribution in [3.8, 4) is 0 Å². The number of amides is 3. The second-order valence-electron chi connectivity index (χ2n) is 6.88. The van der Waals surface area contributed by atoms with Crippen LogP contribution in [0.15, 0.2) is 6.20 Å². The standard InChI is InChI=1S/C14H20N6O7S/c1-18-11-5-15-6-12(9(11)4-16-18)26-17-13(21)10-3-2-8-7-19(10)14(22)20(8)27-28(23,24)25/h4,8,10,12,15H,2-3,5-7H2,1H3,(H,17,21)(H,23,24,25)/t8-,10+,12?/m1/s1. The maximum absolute atomic E-state index is 12.6. The average Bonchev–Trinajstić information content (AvgIpc) is 3.13. The number of aromatic nitrogens is 2. The summed E-state index contributed by atoms with van der Waals surface area (Å²) in [6.07, 6.45) is 1.91. The van der Waals surface area contributed by atoms with E-state index in [0.29, 0.717) is 31.0 Å². The summed E-state index contributed by atoms with van der Waals surface area (Å²) in [6, 6.07) is -2.18. The van der Waals surface area contributed by atoms with Crippen LogP contribution in [-0.4, -0.2) is 69.8 Å². The Morgan fingerprint density at radius 3 is 2.96 bits per heavy atom. The Bertz CT molecular complexity index is 902. The van der Waals surface area contributed by atoms with E-state index in [-0.39, 0.29) is 6.54 Å². The van der Waals surface area contributed by atoms with Gasteiger partial charge in [-0.2, -0.15) is 18.6 Å². The van der Waals surface area contributed by atoms with Crippen LogP contribution < -0.4 is 10.8 Å². The van der Waals surface area contributed by atoms with Crippen molar-refractivity contribution >= 4 is 22.3 Å². The van der Waals surface area contributed by atoms with Gasteiger partial charge in [-0.3, -0.25) is 18.9 Å². The highest BCUT2D eigenvalue weighted by molar-refractivity contribution is 7.80. The zero-order chi connectivity index (χ0) is 20.1. The second kappa shape index (κ2) is 6.97. The minimum Gasteiger partial charge on any atom is -0.309 e. The number of hydrogen-bond donors (Lipinski definition) is 3. The molecule has 0 aliphatic carbocycles. The van der Waals surface area contributed by atoms with E-state index in [4.69, 9.17) is 9.39 Å². The van der Waals surface area contributed by atoms with Gasteiger partial charge in [-0.15, -0.1) is 4.28 Å². The van der Waals surface area contributed by atoms with Crippen LogP contribution in [0.1, 0.15) is 30.2 Å². The molecule has 3 aliphatic heterocycles. The molecule has 3 aliphatic rings. The molecule has 2 fully saturated rings. The molecule has 3 atom stereocenters. The first-order valence-electron chi connectivity index (χ1n) is 8.68. The van der Waals surface area contributed by atoms with Gasteiger partial charge in [-0.1, -0.05) is 0 Å². The smallest absolute Gasteiger partial charge is 0.309 e. The summed E-state index contributed by atoms with van der Waals surface area (Å²) >= 11 is 0. The molecule has 0 radical (unpaired) electrons. The average molecular weight is 416 g/mol. The van der Waals surface area contributed by atoms with Crippen LogP contribution in [0.3, 0.4) is 0 Å². The highest BCUT2D eigenvalue weighted by Crippen LogP contribution is 2.31. The number of nitrogens with one attached hydrogen (secondary N) is 2. The molecule has 4 rings (SSSR count). The molecule has 0 aromatic carbocycles. The number of hydroxylamine groups is 3. The molecule has 14 heteroatoms. The molecule has 13 nitrogen and oxygen atoms in total. The Kier molecular flexibility index (Phi) is 4.75. The van der Waals surface area contributed by atoms with Gasteiger partial charge >= 0.3 is 16.4 Å². The maximum atomic E-state index is 12.6. The maximum Gasteiger partial charge on any atom is 0.418 e. The van der Waals surface area contributed by atoms with Crippen LogP contribution in [0.4, 0.5) is 4.79 Å². The molecular formula is C14H20N6O7S. The van der Waals surface area contributed by atoms with E-state index >= 15 is 0 Å². The number of carbonyl (C=O) groups is 2. The van der Waals surface area contributed by atoms with E-state index in [2.05, 4.69) is 20.2 Å². The third kappa shape index (κ3) is 3.44. The molecule has 2 saturated heterocycles. The third-order valence-corrected chi connectivity index (χ3v) is 5.51. The van der Waals surface area contributed by atoms with Crippen molar-refractivity contribution in [2.45, 2.75) is 37.6 Å². The number of nitrogens with zero attached hydrogens (tertiary/aromatic N) is 4. The lowest BCUT2D eigenvalue weighted by molar-refractivity contribution is -0.144. The van der Waals surface area contributed by atoms with Crippen molar-refractivity contribution < 1.29 is 31.7 Å². The molecule has 154 valence electrons. The number of urea groups is 1. The van der Waals surface area contributed by atoms with E-state index in [0.717, 1.165) is 11.3 Å². The Morgan fingerprint density at radius 2 is 2.21 bits per heavy atom. The molecule has 2 bridgehead atoms. The number of rotatable bonds is 5. The van der Waals surface area contributed by atoms with Crippen molar-refractivity contribution in [2.75, 3.05) is 13.1 Å². The van der Waals surface area contributed by atoms with Gasteiger partial charge in [0.15, 0.2) is 0 Å². The molecule has 0 spiro atoms. The minimum atomic E-state index is -4.83. The molecule has 4 heterocycles. The Hall–Kier alpha value is -2.26. The zero-order valence-corrected chi connectivity index (χ0v) is 15.8. The monoisotopic (exact) mass is 416 g/mol. The van der Waals surface area contributed by atoms with Crippen LogP contribution >= 0.6 is 0 Å². The van der Waals surface area contributed by atoms with Crippen molar-refractivity contribution in [2.24, 2.45) is 7.05 Å². The van der Waals surface area contributed by atoms with Gasteiger partial charge in [0.2, 0.25) is 0 Å². The summed E-state index contributed by atoms with van der Waals surface area (Å²) in [4.78, 5) is 31.7. The quantitative estimate of drug-likeness (QED) is 0.389. The molecule has 1 unspecified atom stereocenters. The van der Waals surface area contributed by atoms with Crippen molar-refractivity contribution in [1.82, 2.24) is 30.5 Å². The molecule has 1 aromatic heterocycles. The number of fused-ring (bicyclic) bond motifs is 3. The summed E-state index contributed by atoms with van der Waals surface area (Å²) in [5, 5.41) is 7.96. The summed E-state index contributed by atoms with van der Waals surface area (Å²) in [5.74, 6) is -0.517. The van der Waals surface area contributed by atoms with Gasteiger partial charge < -0.3 is 10.2 Å². The van der Waals surface area contributed by atoms with Crippen LogP contribution in [-0.2, 0) is 37.9 Å². The van der Waals surface area contributed by atoms with Gasteiger partial charge in [-0.25, -0.2) is 10.3 Å². The summed E-state index contributed by atoms with van der Waals surface area (Å²) in [7, 11) is -3.01. The van der Waals surface area contributed by atoms with Crippen LogP contribution in [0.2, 0.25) is 0 Å². The molecule has 28 heavy (non-hydrogen) atoms. The van der Waals surface area contributed by atoms with Gasteiger partial charge in [0.1, 0.15) is 12.1 Å². The number of hydrogen-bond acceptors (Lipinski definition) is 8. The van der Waals surface area contributed by atoms with Crippen LogP contribution in [0.5, 0.6) is 0 Å². The number of carbonyl (C=O) groups excluding carboxylic acids is 2. The minimum absolute atomic E-state index is 0.115. The lowest BCUT2D eigenvalue weighted by atomic mass is 10.0. The largest absolute Gasteiger partial charge is 0.418 e. The van der Waals surface area contributed by atoms with E-state index in [9.17, 15) is 18.0 Å². The van der Waals surface area contributed by atoms with Crippen molar-refractivity contribution in [3.05, 3.63) is 17.5 Å². The first-order chi connectivity index (χ1) is 13.2. The Labute approximate surface area is 160 Å². The molecular weight excluding hydrogens is 396 g/mol. The second-order valence-corrected chi connectivity index (χ2v) is 7.89. The zero-order valence-electron chi connectivity index (χ0n) is 14.9.